The molecule has 108 valence electrons. The van der Waals surface area contributed by atoms with Gasteiger partial charge in [-0.3, -0.25) is 14.5 Å². The molecule has 0 unspecified atom stereocenters. The van der Waals surface area contributed by atoms with Gasteiger partial charge in [0, 0.05) is 25.2 Å². The van der Waals surface area contributed by atoms with E-state index < -0.39 is 0 Å². The molecule has 0 rings (SSSR count). The minimum atomic E-state index is -0.368. The van der Waals surface area contributed by atoms with Crippen molar-refractivity contribution in [3.63, 3.8) is 0 Å². The maximum atomic E-state index is 11.6. The molecule has 0 aliphatic heterocycles. The quantitative estimate of drug-likeness (QED) is 0.585. The smallest absolute Gasteiger partial charge is 0.253 e. The van der Waals surface area contributed by atoms with Gasteiger partial charge in [-0.25, -0.2) is 0 Å². The summed E-state index contributed by atoms with van der Waals surface area (Å²) in [6.45, 7) is 7.66. The molecule has 0 saturated carbocycles. The molecule has 0 radical (unpaired) electrons. The number of hydrogen-bond acceptors (Lipinski definition) is 4. The molecule has 0 aliphatic rings. The van der Waals surface area contributed by atoms with E-state index in [-0.39, 0.29) is 11.8 Å². The molecule has 4 N–H and O–H groups in total. The molecule has 0 fully saturated rings. The molecule has 5 nitrogen and oxygen atoms in total. The van der Waals surface area contributed by atoms with Crippen LogP contribution >= 0.6 is 0 Å². The lowest BCUT2D eigenvalue weighted by Gasteiger charge is -2.15. The molecule has 0 heterocycles. The van der Waals surface area contributed by atoms with Crippen molar-refractivity contribution < 1.29 is 9.59 Å². The summed E-state index contributed by atoms with van der Waals surface area (Å²) >= 11 is 0. The summed E-state index contributed by atoms with van der Waals surface area (Å²) in [6, 6.07) is 0. The van der Waals surface area contributed by atoms with Crippen molar-refractivity contribution in [1.82, 2.24) is 4.90 Å². The maximum absolute atomic E-state index is 11.6. The minimum Gasteiger partial charge on any atom is -0.405 e. The van der Waals surface area contributed by atoms with Crippen molar-refractivity contribution in [1.29, 1.82) is 0 Å². The first-order valence-electron chi connectivity index (χ1n) is 6.37. The van der Waals surface area contributed by atoms with E-state index in [0.717, 1.165) is 6.42 Å². The van der Waals surface area contributed by atoms with Crippen LogP contribution in [0.1, 0.15) is 34.1 Å². The number of carbonyl (C=O) groups excluding carboxylic acids is 2. The second kappa shape index (κ2) is 12.4. The van der Waals surface area contributed by atoms with E-state index in [1.54, 1.807) is 12.2 Å². The van der Waals surface area contributed by atoms with Crippen molar-refractivity contribution in [3.8, 4) is 0 Å². The zero-order chi connectivity index (χ0) is 15.3. The van der Waals surface area contributed by atoms with Gasteiger partial charge in [0.15, 0.2) is 0 Å². The molecule has 0 aliphatic carbocycles. The Morgan fingerprint density at radius 3 is 2.21 bits per heavy atom. The highest BCUT2D eigenvalue weighted by atomic mass is 16.2. The topological polar surface area (TPSA) is 89.4 Å². The molecular formula is C14H25N3O2. The molecule has 0 saturated heterocycles. The molecular weight excluding hydrogens is 242 g/mol. The van der Waals surface area contributed by atoms with E-state index in [0.29, 0.717) is 12.2 Å². The second-order valence-electron chi connectivity index (χ2n) is 3.39. The van der Waals surface area contributed by atoms with Gasteiger partial charge < -0.3 is 11.5 Å². The third kappa shape index (κ3) is 9.64. The number of carbonyl (C=O) groups is 2. The van der Waals surface area contributed by atoms with Crippen LogP contribution in [0.4, 0.5) is 0 Å². The monoisotopic (exact) mass is 267 g/mol. The molecule has 0 spiro atoms. The summed E-state index contributed by atoms with van der Waals surface area (Å²) in [6.07, 6.45) is 7.88. The standard InChI is InChI=1S/C12H19N3O2.C2H6/c1-3-9-15(10(2)16)12(17)7-6-11(14)5-4-8-13;1-2/h4-8H,3,9,13-14H2,1-2H3;1-2H3/b7-6+,8-4-,11-5-;. The van der Waals surface area contributed by atoms with E-state index in [1.165, 1.54) is 30.2 Å². The van der Waals surface area contributed by atoms with Gasteiger partial charge >= 0.3 is 0 Å². The van der Waals surface area contributed by atoms with Gasteiger partial charge in [0.05, 0.1) is 0 Å². The minimum absolute atomic E-state index is 0.272. The van der Waals surface area contributed by atoms with Gasteiger partial charge in [0.2, 0.25) is 5.91 Å². The van der Waals surface area contributed by atoms with Crippen molar-refractivity contribution in [2.45, 2.75) is 34.1 Å². The Balaban J connectivity index is 0. The zero-order valence-electron chi connectivity index (χ0n) is 12.2. The van der Waals surface area contributed by atoms with Gasteiger partial charge in [-0.2, -0.15) is 0 Å². The molecule has 2 amide bonds. The average Bonchev–Trinajstić information content (AvgIpc) is 2.41. The molecule has 19 heavy (non-hydrogen) atoms. The molecule has 0 aromatic heterocycles. The van der Waals surface area contributed by atoms with E-state index in [2.05, 4.69) is 0 Å². The molecule has 0 atom stereocenters. The number of nitrogens with zero attached hydrogens (tertiary/aromatic N) is 1. The fraction of sp³-hybridized carbons (Fsp3) is 0.429. The lowest BCUT2D eigenvalue weighted by Crippen LogP contribution is -2.34. The molecule has 0 bridgehead atoms. The molecule has 0 aromatic carbocycles. The number of rotatable bonds is 5. The first-order chi connectivity index (χ1) is 9.02. The summed E-state index contributed by atoms with van der Waals surface area (Å²) in [5.41, 5.74) is 11.1. The fourth-order valence-electron chi connectivity index (χ4n) is 1.13. The number of hydrogen-bond donors (Lipinski definition) is 2. The van der Waals surface area contributed by atoms with E-state index >= 15 is 0 Å². The van der Waals surface area contributed by atoms with Crippen molar-refractivity contribution in [2.24, 2.45) is 11.5 Å². The predicted octanol–water partition coefficient (Wildman–Crippen LogP) is 1.67. The Morgan fingerprint density at radius 2 is 1.79 bits per heavy atom. The zero-order valence-corrected chi connectivity index (χ0v) is 12.2. The average molecular weight is 267 g/mol. The number of nitrogens with two attached hydrogens (primary N) is 2. The summed E-state index contributed by atoms with van der Waals surface area (Å²) in [7, 11) is 0. The van der Waals surface area contributed by atoms with Gasteiger partial charge in [-0.1, -0.05) is 20.8 Å². The van der Waals surface area contributed by atoms with Crippen molar-refractivity contribution >= 4 is 11.8 Å². The molecule has 5 heteroatoms. The van der Waals surface area contributed by atoms with E-state index in [9.17, 15) is 9.59 Å². The normalized spacial score (nSPS) is 11.3. The van der Waals surface area contributed by atoms with Crippen molar-refractivity contribution in [2.75, 3.05) is 6.54 Å². The van der Waals surface area contributed by atoms with Gasteiger partial charge in [0.25, 0.3) is 5.91 Å². The van der Waals surface area contributed by atoms with Gasteiger partial charge in [-0.05, 0) is 30.8 Å². The van der Waals surface area contributed by atoms with Crippen LogP contribution in [0, 0.1) is 0 Å². The van der Waals surface area contributed by atoms with Crippen LogP contribution in [-0.2, 0) is 9.59 Å². The van der Waals surface area contributed by atoms with Gasteiger partial charge in [0.1, 0.15) is 0 Å². The Hall–Kier alpha value is -2.04. The largest absolute Gasteiger partial charge is 0.405 e. The molecule has 0 aromatic rings. The van der Waals surface area contributed by atoms with Crippen LogP contribution in [0.15, 0.2) is 36.2 Å². The third-order valence-corrected chi connectivity index (χ3v) is 1.91. The van der Waals surface area contributed by atoms with Crippen LogP contribution < -0.4 is 11.5 Å². The van der Waals surface area contributed by atoms with Crippen molar-refractivity contribution in [3.05, 3.63) is 36.2 Å². The van der Waals surface area contributed by atoms with Crippen LogP contribution in [0.2, 0.25) is 0 Å². The Labute approximate surface area is 115 Å². The van der Waals surface area contributed by atoms with Crippen LogP contribution in [0.25, 0.3) is 0 Å². The summed E-state index contributed by atoms with van der Waals surface area (Å²) < 4.78 is 0. The number of imide groups is 1. The van der Waals surface area contributed by atoms with E-state index in [1.807, 2.05) is 20.8 Å². The maximum Gasteiger partial charge on any atom is 0.253 e. The Morgan fingerprint density at radius 1 is 1.21 bits per heavy atom. The highest BCUT2D eigenvalue weighted by Gasteiger charge is 2.13. The third-order valence-electron chi connectivity index (χ3n) is 1.91. The fourth-order valence-corrected chi connectivity index (χ4v) is 1.13. The Bertz CT molecular complexity index is 358. The Kier molecular flexibility index (Phi) is 12.6. The SMILES string of the molecule is CC.CCCN(C(C)=O)C(=O)/C=C/C(N)=C/C=C\N. The number of allylic oxidation sites excluding steroid dienone is 3. The highest BCUT2D eigenvalue weighted by Crippen LogP contribution is 1.97. The van der Waals surface area contributed by atoms with Crippen LogP contribution in [0.3, 0.4) is 0 Å². The summed E-state index contributed by atoms with van der Waals surface area (Å²) in [5, 5.41) is 0. The summed E-state index contributed by atoms with van der Waals surface area (Å²) in [5.74, 6) is -0.640. The first kappa shape index (κ1) is 19.3. The van der Waals surface area contributed by atoms with Gasteiger partial charge in [-0.15, -0.1) is 0 Å². The highest BCUT2D eigenvalue weighted by molar-refractivity contribution is 6.00. The first-order valence-corrected chi connectivity index (χ1v) is 6.37. The second-order valence-corrected chi connectivity index (χ2v) is 3.39. The van der Waals surface area contributed by atoms with E-state index in [4.69, 9.17) is 11.5 Å². The van der Waals surface area contributed by atoms with Crippen LogP contribution in [0.5, 0.6) is 0 Å². The lowest BCUT2D eigenvalue weighted by molar-refractivity contribution is -0.140. The summed E-state index contributed by atoms with van der Waals surface area (Å²) in [4.78, 5) is 24.0. The predicted molar refractivity (Wildman–Crippen MR) is 78.8 cm³/mol. The lowest BCUT2D eigenvalue weighted by atomic mass is 10.3. The van der Waals surface area contributed by atoms with Crippen LogP contribution in [-0.4, -0.2) is 23.3 Å². The number of amides is 2.